The second kappa shape index (κ2) is 7.09. The second-order valence-corrected chi connectivity index (χ2v) is 6.08. The minimum atomic E-state index is -4.08. The molecule has 6 heteroatoms. The third kappa shape index (κ3) is 4.90. The lowest BCUT2D eigenvalue weighted by molar-refractivity contribution is -0.143. The first-order chi connectivity index (χ1) is 9.48. The molecule has 118 valence electrons. The molecule has 1 heterocycles. The van der Waals surface area contributed by atoms with Gasteiger partial charge in [-0.15, -0.1) is 0 Å². The van der Waals surface area contributed by atoms with Gasteiger partial charge in [-0.05, 0) is 38.3 Å². The fourth-order valence-corrected chi connectivity index (χ4v) is 3.41. The van der Waals surface area contributed by atoms with Gasteiger partial charge in [0, 0.05) is 19.7 Å². The third-order valence-electron chi connectivity index (χ3n) is 4.45. The first-order valence-electron chi connectivity index (χ1n) is 7.53. The van der Waals surface area contributed by atoms with Gasteiger partial charge in [0.15, 0.2) is 0 Å². The molecule has 1 aliphatic carbocycles. The summed E-state index contributed by atoms with van der Waals surface area (Å²) in [4.78, 5) is 1.51. The number of rotatable bonds is 5. The summed E-state index contributed by atoms with van der Waals surface area (Å²) in [6.07, 6.45) is 1.65. The molecule has 2 aliphatic rings. The summed E-state index contributed by atoms with van der Waals surface area (Å²) in [5.41, 5.74) is 0. The summed E-state index contributed by atoms with van der Waals surface area (Å²) in [6.45, 7) is 1.15. The molecule has 1 saturated carbocycles. The minimum Gasteiger partial charge on any atom is -0.380 e. The van der Waals surface area contributed by atoms with E-state index in [0.29, 0.717) is 25.0 Å². The molecule has 0 bridgehead atoms. The molecule has 3 unspecified atom stereocenters. The highest BCUT2D eigenvalue weighted by atomic mass is 19.4. The number of methoxy groups -OCH3 is 1. The maximum absolute atomic E-state index is 12.3. The van der Waals surface area contributed by atoms with Gasteiger partial charge in [0.05, 0.1) is 12.6 Å². The van der Waals surface area contributed by atoms with Crippen molar-refractivity contribution >= 4 is 0 Å². The standard InChI is InChI=1S/C14H25F3N2O/c1-20-13-5-3-2-4-12(13)18-8-11-6-7-19(9-11)10-14(15,16)17/h11-13,18H,2-10H2,1H3. The van der Waals surface area contributed by atoms with Crippen LogP contribution in [0.25, 0.3) is 0 Å². The van der Waals surface area contributed by atoms with Crippen molar-refractivity contribution in [2.24, 2.45) is 5.92 Å². The molecule has 0 aromatic heterocycles. The Morgan fingerprint density at radius 2 is 1.95 bits per heavy atom. The van der Waals surface area contributed by atoms with Gasteiger partial charge in [0.2, 0.25) is 0 Å². The molecular weight excluding hydrogens is 269 g/mol. The number of alkyl halides is 3. The Morgan fingerprint density at radius 3 is 2.65 bits per heavy atom. The Balaban J connectivity index is 1.70. The predicted octanol–water partition coefficient (Wildman–Crippen LogP) is 2.42. The highest BCUT2D eigenvalue weighted by Gasteiger charge is 2.34. The van der Waals surface area contributed by atoms with E-state index in [1.165, 1.54) is 17.7 Å². The molecule has 0 spiro atoms. The van der Waals surface area contributed by atoms with Crippen molar-refractivity contribution < 1.29 is 17.9 Å². The van der Waals surface area contributed by atoms with E-state index >= 15 is 0 Å². The van der Waals surface area contributed by atoms with E-state index in [-0.39, 0.29) is 6.10 Å². The molecule has 0 radical (unpaired) electrons. The van der Waals surface area contributed by atoms with E-state index in [1.807, 2.05) is 0 Å². The van der Waals surface area contributed by atoms with Crippen LogP contribution in [0.2, 0.25) is 0 Å². The molecule has 1 saturated heterocycles. The number of hydrogen-bond donors (Lipinski definition) is 1. The zero-order valence-corrected chi connectivity index (χ0v) is 12.1. The average molecular weight is 294 g/mol. The van der Waals surface area contributed by atoms with Gasteiger partial charge in [-0.2, -0.15) is 13.2 Å². The molecule has 0 amide bonds. The predicted molar refractivity (Wildman–Crippen MR) is 71.7 cm³/mol. The van der Waals surface area contributed by atoms with Crippen molar-refractivity contribution in [2.45, 2.75) is 50.4 Å². The number of ether oxygens (including phenoxy) is 1. The lowest BCUT2D eigenvalue weighted by Gasteiger charge is -2.32. The van der Waals surface area contributed by atoms with Crippen LogP contribution in [0.1, 0.15) is 32.1 Å². The average Bonchev–Trinajstić information content (AvgIpc) is 2.82. The quantitative estimate of drug-likeness (QED) is 0.843. The van der Waals surface area contributed by atoms with Crippen LogP contribution in [0.3, 0.4) is 0 Å². The van der Waals surface area contributed by atoms with E-state index in [2.05, 4.69) is 5.32 Å². The largest absolute Gasteiger partial charge is 0.401 e. The van der Waals surface area contributed by atoms with Gasteiger partial charge in [0.25, 0.3) is 0 Å². The van der Waals surface area contributed by atoms with Crippen molar-refractivity contribution in [2.75, 3.05) is 33.3 Å². The SMILES string of the molecule is COC1CCCCC1NCC1CCN(CC(F)(F)F)C1. The smallest absolute Gasteiger partial charge is 0.380 e. The monoisotopic (exact) mass is 294 g/mol. The van der Waals surface area contributed by atoms with Gasteiger partial charge >= 0.3 is 6.18 Å². The number of halogens is 3. The Labute approximate surface area is 118 Å². The van der Waals surface area contributed by atoms with Crippen LogP contribution in [0.15, 0.2) is 0 Å². The summed E-state index contributed by atoms with van der Waals surface area (Å²) in [6, 6.07) is 0.366. The molecular formula is C14H25F3N2O. The van der Waals surface area contributed by atoms with Crippen LogP contribution in [0, 0.1) is 5.92 Å². The van der Waals surface area contributed by atoms with Crippen molar-refractivity contribution in [1.82, 2.24) is 10.2 Å². The summed E-state index contributed by atoms with van der Waals surface area (Å²) in [5, 5.41) is 3.52. The van der Waals surface area contributed by atoms with Crippen molar-refractivity contribution in [1.29, 1.82) is 0 Å². The highest BCUT2D eigenvalue weighted by Crippen LogP contribution is 2.24. The number of nitrogens with zero attached hydrogens (tertiary/aromatic N) is 1. The lowest BCUT2D eigenvalue weighted by Crippen LogP contribution is -2.45. The van der Waals surface area contributed by atoms with Crippen LogP contribution in [0.5, 0.6) is 0 Å². The summed E-state index contributed by atoms with van der Waals surface area (Å²) in [5.74, 6) is 0.330. The molecule has 2 rings (SSSR count). The van der Waals surface area contributed by atoms with Crippen molar-refractivity contribution in [3.05, 3.63) is 0 Å². The number of hydrogen-bond acceptors (Lipinski definition) is 3. The molecule has 20 heavy (non-hydrogen) atoms. The summed E-state index contributed by atoms with van der Waals surface area (Å²) in [7, 11) is 1.74. The second-order valence-electron chi connectivity index (χ2n) is 6.08. The first kappa shape index (κ1) is 16.0. The first-order valence-corrected chi connectivity index (χ1v) is 7.53. The van der Waals surface area contributed by atoms with E-state index in [9.17, 15) is 13.2 Å². The van der Waals surface area contributed by atoms with E-state index in [4.69, 9.17) is 4.74 Å². The van der Waals surface area contributed by atoms with Crippen LogP contribution in [-0.4, -0.2) is 56.5 Å². The Kier molecular flexibility index (Phi) is 5.69. The third-order valence-corrected chi connectivity index (χ3v) is 4.45. The van der Waals surface area contributed by atoms with E-state index in [1.54, 1.807) is 7.11 Å². The molecule has 3 atom stereocenters. The highest BCUT2D eigenvalue weighted by molar-refractivity contribution is 4.85. The maximum Gasteiger partial charge on any atom is 0.401 e. The molecule has 1 aliphatic heterocycles. The lowest BCUT2D eigenvalue weighted by atomic mass is 9.92. The Bertz CT molecular complexity index is 299. The summed E-state index contributed by atoms with van der Waals surface area (Å²) >= 11 is 0. The minimum absolute atomic E-state index is 0.261. The fraction of sp³-hybridized carbons (Fsp3) is 1.00. The number of nitrogens with one attached hydrogen (secondary N) is 1. The summed E-state index contributed by atoms with van der Waals surface area (Å²) < 4.78 is 42.5. The Morgan fingerprint density at radius 1 is 1.20 bits per heavy atom. The zero-order valence-electron chi connectivity index (χ0n) is 12.1. The van der Waals surface area contributed by atoms with Gasteiger partial charge < -0.3 is 10.1 Å². The van der Waals surface area contributed by atoms with Crippen LogP contribution >= 0.6 is 0 Å². The van der Waals surface area contributed by atoms with E-state index < -0.39 is 12.7 Å². The van der Waals surface area contributed by atoms with E-state index in [0.717, 1.165) is 25.8 Å². The van der Waals surface area contributed by atoms with Gasteiger partial charge in [0.1, 0.15) is 0 Å². The van der Waals surface area contributed by atoms with Crippen LogP contribution in [0.4, 0.5) is 13.2 Å². The van der Waals surface area contributed by atoms with Gasteiger partial charge in [-0.1, -0.05) is 12.8 Å². The topological polar surface area (TPSA) is 24.5 Å². The number of likely N-dealkylation sites (tertiary alicyclic amines) is 1. The normalized spacial score (nSPS) is 32.7. The van der Waals surface area contributed by atoms with Gasteiger partial charge in [-0.25, -0.2) is 0 Å². The van der Waals surface area contributed by atoms with Crippen LogP contribution < -0.4 is 5.32 Å². The van der Waals surface area contributed by atoms with Crippen molar-refractivity contribution in [3.63, 3.8) is 0 Å². The zero-order chi connectivity index (χ0) is 14.6. The van der Waals surface area contributed by atoms with Crippen molar-refractivity contribution in [3.8, 4) is 0 Å². The molecule has 0 aromatic carbocycles. The molecule has 0 aromatic rings. The maximum atomic E-state index is 12.3. The molecule has 1 N–H and O–H groups in total. The van der Waals surface area contributed by atoms with Crippen LogP contribution in [-0.2, 0) is 4.74 Å². The van der Waals surface area contributed by atoms with Gasteiger partial charge in [-0.3, -0.25) is 4.90 Å². The Hall–Kier alpha value is -0.330. The molecule has 2 fully saturated rings. The molecule has 3 nitrogen and oxygen atoms in total. The fourth-order valence-electron chi connectivity index (χ4n) is 3.41.